The van der Waals surface area contributed by atoms with Crippen LogP contribution in [0.15, 0.2) is 39.6 Å². The fraction of sp³-hybridized carbons (Fsp3) is 0.0769. The average Bonchev–Trinajstić information content (AvgIpc) is 2.93. The summed E-state index contributed by atoms with van der Waals surface area (Å²) in [5, 5.41) is 9.09. The molecule has 0 fully saturated rings. The standard InChI is InChI=1S/C13H8BrN3O/c1-17-10-4-2-3-8(7-15)11(10)16-13(17)9-5-6-18-12(9)14/h2-6H,1H3. The summed E-state index contributed by atoms with van der Waals surface area (Å²) in [7, 11) is 1.92. The number of para-hydroxylation sites is 1. The summed E-state index contributed by atoms with van der Waals surface area (Å²) in [4.78, 5) is 4.54. The number of nitrogens with zero attached hydrogens (tertiary/aromatic N) is 3. The van der Waals surface area contributed by atoms with Gasteiger partial charge in [-0.3, -0.25) is 0 Å². The number of hydrogen-bond acceptors (Lipinski definition) is 3. The van der Waals surface area contributed by atoms with Gasteiger partial charge in [-0.15, -0.1) is 0 Å². The lowest BCUT2D eigenvalue weighted by molar-refractivity contribution is 0.542. The van der Waals surface area contributed by atoms with Gasteiger partial charge in [-0.1, -0.05) is 6.07 Å². The zero-order valence-electron chi connectivity index (χ0n) is 9.51. The van der Waals surface area contributed by atoms with Crippen molar-refractivity contribution in [2.24, 2.45) is 7.05 Å². The van der Waals surface area contributed by atoms with E-state index in [0.29, 0.717) is 15.7 Å². The largest absolute Gasteiger partial charge is 0.457 e. The van der Waals surface area contributed by atoms with Crippen molar-refractivity contribution in [2.75, 3.05) is 0 Å². The van der Waals surface area contributed by atoms with Crippen molar-refractivity contribution < 1.29 is 4.42 Å². The molecule has 3 rings (SSSR count). The van der Waals surface area contributed by atoms with E-state index >= 15 is 0 Å². The third-order valence-electron chi connectivity index (χ3n) is 2.89. The highest BCUT2D eigenvalue weighted by Crippen LogP contribution is 2.31. The minimum Gasteiger partial charge on any atom is -0.457 e. The molecule has 0 aliphatic heterocycles. The van der Waals surface area contributed by atoms with Gasteiger partial charge in [0.05, 0.1) is 22.9 Å². The maximum atomic E-state index is 9.09. The maximum Gasteiger partial charge on any atom is 0.179 e. The second kappa shape index (κ2) is 4.00. The molecule has 3 aromatic rings. The van der Waals surface area contributed by atoms with E-state index in [0.717, 1.165) is 16.9 Å². The number of imidazole rings is 1. The van der Waals surface area contributed by atoms with Crippen molar-refractivity contribution in [2.45, 2.75) is 0 Å². The first-order valence-electron chi connectivity index (χ1n) is 5.31. The smallest absolute Gasteiger partial charge is 0.179 e. The molecule has 0 radical (unpaired) electrons. The van der Waals surface area contributed by atoms with E-state index < -0.39 is 0 Å². The molecule has 2 aromatic heterocycles. The van der Waals surface area contributed by atoms with Crippen LogP contribution < -0.4 is 0 Å². The van der Waals surface area contributed by atoms with Crippen molar-refractivity contribution in [1.82, 2.24) is 9.55 Å². The molecule has 0 amide bonds. The van der Waals surface area contributed by atoms with E-state index in [2.05, 4.69) is 27.0 Å². The molecule has 0 spiro atoms. The Balaban J connectivity index is 2.37. The summed E-state index contributed by atoms with van der Waals surface area (Å²) in [6.07, 6.45) is 1.60. The lowest BCUT2D eigenvalue weighted by atomic mass is 10.2. The van der Waals surface area contributed by atoms with Gasteiger partial charge in [-0.05, 0) is 34.1 Å². The number of aromatic nitrogens is 2. The minimum absolute atomic E-state index is 0.578. The minimum atomic E-state index is 0.578. The third-order valence-corrected chi connectivity index (χ3v) is 3.50. The molecule has 0 aliphatic rings. The summed E-state index contributed by atoms with van der Waals surface area (Å²) in [6, 6.07) is 9.57. The molecule has 0 aliphatic carbocycles. The van der Waals surface area contributed by atoms with Gasteiger partial charge >= 0.3 is 0 Å². The number of rotatable bonds is 1. The Labute approximate surface area is 112 Å². The Bertz CT molecular complexity index is 779. The second-order valence-electron chi connectivity index (χ2n) is 3.89. The lowest BCUT2D eigenvalue weighted by Gasteiger charge is -1.99. The molecule has 0 bridgehead atoms. The average molecular weight is 302 g/mol. The van der Waals surface area contributed by atoms with Crippen molar-refractivity contribution in [3.8, 4) is 17.5 Å². The predicted molar refractivity (Wildman–Crippen MR) is 70.8 cm³/mol. The van der Waals surface area contributed by atoms with Crippen LogP contribution in [0.2, 0.25) is 0 Å². The Morgan fingerprint density at radius 1 is 1.39 bits per heavy atom. The molecular formula is C13H8BrN3O. The summed E-state index contributed by atoms with van der Waals surface area (Å²) in [6.45, 7) is 0. The summed E-state index contributed by atoms with van der Waals surface area (Å²) in [5.74, 6) is 0.772. The molecule has 88 valence electrons. The maximum absolute atomic E-state index is 9.09. The predicted octanol–water partition coefficient (Wildman–Crippen LogP) is 3.47. The van der Waals surface area contributed by atoms with E-state index in [4.69, 9.17) is 9.68 Å². The molecule has 0 saturated heterocycles. The van der Waals surface area contributed by atoms with E-state index in [-0.39, 0.29) is 0 Å². The van der Waals surface area contributed by atoms with E-state index in [1.807, 2.05) is 29.8 Å². The van der Waals surface area contributed by atoms with Crippen molar-refractivity contribution in [3.63, 3.8) is 0 Å². The molecule has 2 heterocycles. The number of halogens is 1. The van der Waals surface area contributed by atoms with E-state index in [1.54, 1.807) is 12.3 Å². The Morgan fingerprint density at radius 3 is 2.89 bits per heavy atom. The zero-order chi connectivity index (χ0) is 12.7. The summed E-state index contributed by atoms with van der Waals surface area (Å²) < 4.78 is 7.81. The van der Waals surface area contributed by atoms with Crippen LogP contribution in [0.5, 0.6) is 0 Å². The van der Waals surface area contributed by atoms with Gasteiger partial charge < -0.3 is 8.98 Å². The number of benzene rings is 1. The van der Waals surface area contributed by atoms with Gasteiger partial charge in [0, 0.05) is 7.05 Å². The fourth-order valence-corrected chi connectivity index (χ4v) is 2.42. The normalized spacial score (nSPS) is 10.7. The summed E-state index contributed by atoms with van der Waals surface area (Å²) in [5.41, 5.74) is 3.09. The van der Waals surface area contributed by atoms with Crippen LogP contribution in [-0.4, -0.2) is 9.55 Å². The van der Waals surface area contributed by atoms with E-state index in [9.17, 15) is 0 Å². The van der Waals surface area contributed by atoms with E-state index in [1.165, 1.54) is 0 Å². The van der Waals surface area contributed by atoms with Gasteiger partial charge in [0.15, 0.2) is 4.67 Å². The van der Waals surface area contributed by atoms with Crippen LogP contribution in [-0.2, 0) is 7.05 Å². The molecule has 0 atom stereocenters. The van der Waals surface area contributed by atoms with Crippen LogP contribution in [0.1, 0.15) is 5.56 Å². The van der Waals surface area contributed by atoms with Crippen molar-refractivity contribution >= 4 is 27.0 Å². The van der Waals surface area contributed by atoms with Crippen molar-refractivity contribution in [1.29, 1.82) is 5.26 Å². The quantitative estimate of drug-likeness (QED) is 0.691. The lowest BCUT2D eigenvalue weighted by Crippen LogP contribution is -1.91. The van der Waals surface area contributed by atoms with Crippen LogP contribution in [0.25, 0.3) is 22.4 Å². The number of hydrogen-bond donors (Lipinski definition) is 0. The fourth-order valence-electron chi connectivity index (χ4n) is 2.00. The first-order valence-corrected chi connectivity index (χ1v) is 6.10. The third kappa shape index (κ3) is 1.46. The monoisotopic (exact) mass is 301 g/mol. The first kappa shape index (κ1) is 11.1. The van der Waals surface area contributed by atoms with Crippen LogP contribution in [0, 0.1) is 11.3 Å². The first-order chi connectivity index (χ1) is 8.72. The number of aryl methyl sites for hydroxylation is 1. The molecule has 5 heteroatoms. The van der Waals surface area contributed by atoms with Crippen LogP contribution >= 0.6 is 15.9 Å². The molecule has 0 N–H and O–H groups in total. The number of nitriles is 1. The van der Waals surface area contributed by atoms with Gasteiger partial charge in [-0.25, -0.2) is 4.98 Å². The molecule has 4 nitrogen and oxygen atoms in total. The van der Waals surface area contributed by atoms with Gasteiger partial charge in [0.2, 0.25) is 0 Å². The number of fused-ring (bicyclic) bond motifs is 1. The Morgan fingerprint density at radius 2 is 2.22 bits per heavy atom. The topological polar surface area (TPSA) is 54.8 Å². The molecule has 0 unspecified atom stereocenters. The molecule has 1 aromatic carbocycles. The molecule has 18 heavy (non-hydrogen) atoms. The van der Waals surface area contributed by atoms with Crippen LogP contribution in [0.4, 0.5) is 0 Å². The highest BCUT2D eigenvalue weighted by atomic mass is 79.9. The molecular weight excluding hydrogens is 294 g/mol. The number of furan rings is 1. The van der Waals surface area contributed by atoms with Crippen molar-refractivity contribution in [3.05, 3.63) is 40.8 Å². The molecule has 0 saturated carbocycles. The Hall–Kier alpha value is -2.06. The highest BCUT2D eigenvalue weighted by molar-refractivity contribution is 9.10. The van der Waals surface area contributed by atoms with Gasteiger partial charge in [0.25, 0.3) is 0 Å². The van der Waals surface area contributed by atoms with Crippen LogP contribution in [0.3, 0.4) is 0 Å². The Kier molecular flexibility index (Phi) is 2.46. The van der Waals surface area contributed by atoms with Gasteiger partial charge in [0.1, 0.15) is 17.4 Å². The second-order valence-corrected chi connectivity index (χ2v) is 4.61. The summed E-state index contributed by atoms with van der Waals surface area (Å²) >= 11 is 3.34. The SMILES string of the molecule is Cn1c(-c2ccoc2Br)nc2c(C#N)cccc21. The van der Waals surface area contributed by atoms with Gasteiger partial charge in [-0.2, -0.15) is 5.26 Å². The highest BCUT2D eigenvalue weighted by Gasteiger charge is 2.15. The zero-order valence-corrected chi connectivity index (χ0v) is 11.1.